The van der Waals surface area contributed by atoms with Gasteiger partial charge >= 0.3 is 0 Å². The van der Waals surface area contributed by atoms with E-state index < -0.39 is 0 Å². The number of hydrogen-bond acceptors (Lipinski definition) is 8. The molecule has 30 heavy (non-hydrogen) atoms. The van der Waals surface area contributed by atoms with Crippen molar-refractivity contribution in [1.82, 2.24) is 10.2 Å². The number of hydrogen-bond donors (Lipinski definition) is 2. The summed E-state index contributed by atoms with van der Waals surface area (Å²) in [6.45, 7) is 2.22. The Balaban J connectivity index is 1.26. The highest BCUT2D eigenvalue weighted by molar-refractivity contribution is 8.01. The molecule has 2 aromatic carbocycles. The van der Waals surface area contributed by atoms with Gasteiger partial charge in [-0.05, 0) is 49.2 Å². The molecule has 1 aliphatic heterocycles. The van der Waals surface area contributed by atoms with Crippen molar-refractivity contribution in [3.63, 3.8) is 0 Å². The summed E-state index contributed by atoms with van der Waals surface area (Å²) in [6.07, 6.45) is 2.50. The Bertz CT molecular complexity index is 987. The molecule has 2 heterocycles. The van der Waals surface area contributed by atoms with E-state index in [-0.39, 0.29) is 11.7 Å². The maximum Gasteiger partial charge on any atom is 0.234 e. The molecule has 0 bridgehead atoms. The first-order valence-corrected chi connectivity index (χ1v) is 11.5. The zero-order valence-corrected chi connectivity index (χ0v) is 18.3. The third kappa shape index (κ3) is 5.43. The fourth-order valence-corrected chi connectivity index (χ4v) is 4.77. The molecule has 0 aliphatic carbocycles. The predicted molar refractivity (Wildman–Crippen MR) is 123 cm³/mol. The molecule has 0 spiro atoms. The van der Waals surface area contributed by atoms with Crippen LogP contribution in [-0.4, -0.2) is 42.1 Å². The van der Waals surface area contributed by atoms with Crippen LogP contribution in [0.2, 0.25) is 0 Å². The minimum absolute atomic E-state index is 0.0635. The lowest BCUT2D eigenvalue weighted by atomic mass is 10.2. The Labute approximate surface area is 183 Å². The van der Waals surface area contributed by atoms with Gasteiger partial charge in [0.15, 0.2) is 4.34 Å². The van der Waals surface area contributed by atoms with Gasteiger partial charge in [-0.25, -0.2) is 0 Å². The van der Waals surface area contributed by atoms with Gasteiger partial charge in [-0.15, -0.1) is 10.2 Å². The van der Waals surface area contributed by atoms with E-state index in [4.69, 9.17) is 4.74 Å². The summed E-state index contributed by atoms with van der Waals surface area (Å²) in [7, 11) is 1.63. The van der Waals surface area contributed by atoms with Gasteiger partial charge in [0.2, 0.25) is 11.0 Å². The molecule has 0 saturated carbocycles. The summed E-state index contributed by atoms with van der Waals surface area (Å²) in [5, 5.41) is 15.1. The summed E-state index contributed by atoms with van der Waals surface area (Å²) < 4.78 is 5.96. The van der Waals surface area contributed by atoms with Crippen molar-refractivity contribution >= 4 is 51.2 Å². The normalized spacial score (nSPS) is 13.3. The number of ether oxygens (including phenoxy) is 1. The van der Waals surface area contributed by atoms with Crippen molar-refractivity contribution in [2.45, 2.75) is 17.2 Å². The second kappa shape index (κ2) is 9.82. The zero-order chi connectivity index (χ0) is 20.8. The maximum atomic E-state index is 12.3. The van der Waals surface area contributed by atoms with E-state index in [9.17, 15) is 4.79 Å². The first-order chi connectivity index (χ1) is 14.7. The number of carbonyl (C=O) groups excluding carboxylic acids is 1. The fraction of sp³-hybridized carbons (Fsp3) is 0.286. The lowest BCUT2D eigenvalue weighted by molar-refractivity contribution is -0.113. The molecule has 0 atom stereocenters. The number of nitrogens with zero attached hydrogens (tertiary/aromatic N) is 3. The Morgan fingerprint density at radius 3 is 2.70 bits per heavy atom. The van der Waals surface area contributed by atoms with E-state index in [1.54, 1.807) is 7.11 Å². The fourth-order valence-electron chi connectivity index (χ4n) is 3.20. The van der Waals surface area contributed by atoms with Gasteiger partial charge in [0, 0.05) is 36.2 Å². The molecule has 7 nitrogen and oxygen atoms in total. The molecule has 4 rings (SSSR count). The van der Waals surface area contributed by atoms with Crippen molar-refractivity contribution < 1.29 is 9.53 Å². The third-order valence-corrected chi connectivity index (χ3v) is 6.65. The van der Waals surface area contributed by atoms with E-state index in [0.29, 0.717) is 5.13 Å². The van der Waals surface area contributed by atoms with Gasteiger partial charge < -0.3 is 20.3 Å². The molecule has 0 radical (unpaired) electrons. The summed E-state index contributed by atoms with van der Waals surface area (Å²) in [4.78, 5) is 14.6. The van der Waals surface area contributed by atoms with Crippen LogP contribution in [0.25, 0.3) is 0 Å². The molecule has 1 aromatic heterocycles. The van der Waals surface area contributed by atoms with Crippen LogP contribution in [-0.2, 0) is 4.79 Å². The SMILES string of the molecule is COc1cccc(Nc2nnc(SCC(=O)Nc3ccc(N4CCCC4)cc3)s2)c1. The lowest BCUT2D eigenvalue weighted by Crippen LogP contribution is -2.18. The molecule has 9 heteroatoms. The van der Waals surface area contributed by atoms with Gasteiger partial charge in [-0.1, -0.05) is 29.2 Å². The number of aromatic nitrogens is 2. The molecule has 1 amide bonds. The number of anilines is 4. The van der Waals surface area contributed by atoms with Crippen LogP contribution in [0.15, 0.2) is 52.9 Å². The van der Waals surface area contributed by atoms with Crippen molar-refractivity contribution in [1.29, 1.82) is 0 Å². The zero-order valence-electron chi connectivity index (χ0n) is 16.6. The Morgan fingerprint density at radius 2 is 1.93 bits per heavy atom. The van der Waals surface area contributed by atoms with Crippen LogP contribution in [0.4, 0.5) is 22.2 Å². The second-order valence-corrected chi connectivity index (χ2v) is 9.01. The number of rotatable bonds is 8. The van der Waals surface area contributed by atoms with Crippen LogP contribution < -0.4 is 20.3 Å². The Kier molecular flexibility index (Phi) is 6.70. The molecular weight excluding hydrogens is 418 g/mol. The molecule has 156 valence electrons. The molecule has 2 N–H and O–H groups in total. The molecule has 1 saturated heterocycles. The van der Waals surface area contributed by atoms with Crippen LogP contribution >= 0.6 is 23.1 Å². The van der Waals surface area contributed by atoms with Crippen LogP contribution in [0.5, 0.6) is 5.75 Å². The van der Waals surface area contributed by atoms with E-state index in [1.165, 1.54) is 41.6 Å². The van der Waals surface area contributed by atoms with E-state index in [2.05, 4.69) is 37.9 Å². The van der Waals surface area contributed by atoms with Gasteiger partial charge in [0.05, 0.1) is 12.9 Å². The maximum absolute atomic E-state index is 12.3. The summed E-state index contributed by atoms with van der Waals surface area (Å²) in [5.41, 5.74) is 2.89. The molecule has 1 aliphatic rings. The number of methoxy groups -OCH3 is 1. The highest BCUT2D eigenvalue weighted by Crippen LogP contribution is 2.29. The average Bonchev–Trinajstić information content (AvgIpc) is 3.45. The predicted octanol–water partition coefficient (Wildman–Crippen LogP) is 4.62. The summed E-state index contributed by atoms with van der Waals surface area (Å²) >= 11 is 2.78. The van der Waals surface area contributed by atoms with Gasteiger partial charge in [0.1, 0.15) is 5.75 Å². The Morgan fingerprint density at radius 1 is 1.13 bits per heavy atom. The molecule has 3 aromatic rings. The van der Waals surface area contributed by atoms with Crippen molar-refractivity contribution in [3.05, 3.63) is 48.5 Å². The van der Waals surface area contributed by atoms with Crippen molar-refractivity contribution in [3.8, 4) is 5.75 Å². The Hall–Kier alpha value is -2.78. The quantitative estimate of drug-likeness (QED) is 0.494. The average molecular weight is 442 g/mol. The monoisotopic (exact) mass is 441 g/mol. The van der Waals surface area contributed by atoms with Crippen molar-refractivity contribution in [2.24, 2.45) is 0 Å². The minimum atomic E-state index is -0.0635. The number of thioether (sulfide) groups is 1. The van der Waals surface area contributed by atoms with E-state index in [0.717, 1.165) is 34.6 Å². The minimum Gasteiger partial charge on any atom is -0.497 e. The van der Waals surface area contributed by atoms with E-state index in [1.807, 2.05) is 36.4 Å². The first-order valence-electron chi connectivity index (χ1n) is 9.72. The van der Waals surface area contributed by atoms with Crippen LogP contribution in [0.3, 0.4) is 0 Å². The number of benzene rings is 2. The van der Waals surface area contributed by atoms with Gasteiger partial charge in [0.25, 0.3) is 0 Å². The molecular formula is C21H23N5O2S2. The number of nitrogens with one attached hydrogen (secondary N) is 2. The smallest absolute Gasteiger partial charge is 0.234 e. The van der Waals surface area contributed by atoms with Gasteiger partial charge in [-0.2, -0.15) is 0 Å². The highest BCUT2D eigenvalue weighted by Gasteiger charge is 2.13. The number of amides is 1. The van der Waals surface area contributed by atoms with Gasteiger partial charge in [-0.3, -0.25) is 4.79 Å². The summed E-state index contributed by atoms with van der Waals surface area (Å²) in [5.74, 6) is 0.984. The van der Waals surface area contributed by atoms with E-state index >= 15 is 0 Å². The van der Waals surface area contributed by atoms with Crippen molar-refractivity contribution in [2.75, 3.05) is 41.5 Å². The van der Waals surface area contributed by atoms with Crippen LogP contribution in [0, 0.1) is 0 Å². The second-order valence-electron chi connectivity index (χ2n) is 6.81. The topological polar surface area (TPSA) is 79.4 Å². The van der Waals surface area contributed by atoms with Crippen LogP contribution in [0.1, 0.15) is 12.8 Å². The standard InChI is InChI=1S/C21H23N5O2S2/c1-28-18-6-4-5-16(13-18)23-20-24-25-21(30-20)29-14-19(27)22-15-7-9-17(10-8-15)26-11-2-3-12-26/h4-10,13H,2-3,11-12,14H2,1H3,(H,22,27)(H,23,24). The highest BCUT2D eigenvalue weighted by atomic mass is 32.2. The number of carbonyl (C=O) groups is 1. The third-order valence-electron chi connectivity index (χ3n) is 4.68. The molecule has 0 unspecified atom stereocenters. The first kappa shape index (κ1) is 20.5. The largest absolute Gasteiger partial charge is 0.497 e. The molecule has 1 fully saturated rings. The lowest BCUT2D eigenvalue weighted by Gasteiger charge is -2.17. The summed E-state index contributed by atoms with van der Waals surface area (Å²) in [6, 6.07) is 15.6.